The Bertz CT molecular complexity index is 3310. The highest BCUT2D eigenvalue weighted by Gasteiger charge is 2.17. The molecule has 2 heteroatoms. The quantitative estimate of drug-likeness (QED) is 0.125. The molecular formula is C56H36N2. The monoisotopic (exact) mass is 736 g/mol. The number of rotatable bonds is 6. The summed E-state index contributed by atoms with van der Waals surface area (Å²) in [5, 5.41) is 9.97. The molecule has 10 aromatic carbocycles. The van der Waals surface area contributed by atoms with Gasteiger partial charge in [-0.25, -0.2) is 9.97 Å². The van der Waals surface area contributed by atoms with Gasteiger partial charge in [-0.3, -0.25) is 0 Å². The van der Waals surface area contributed by atoms with Gasteiger partial charge in [0.05, 0.1) is 11.4 Å². The molecule has 0 aliphatic rings. The van der Waals surface area contributed by atoms with Crippen LogP contribution >= 0.6 is 0 Å². The molecule has 0 saturated heterocycles. The van der Waals surface area contributed by atoms with Gasteiger partial charge >= 0.3 is 0 Å². The van der Waals surface area contributed by atoms with E-state index in [1.54, 1.807) is 0 Å². The van der Waals surface area contributed by atoms with Crippen LogP contribution in [-0.2, 0) is 0 Å². The molecule has 0 N–H and O–H groups in total. The molecule has 0 amide bonds. The highest BCUT2D eigenvalue weighted by atomic mass is 14.9. The summed E-state index contributed by atoms with van der Waals surface area (Å²) in [5.74, 6) is 0.689. The minimum Gasteiger partial charge on any atom is -0.228 e. The van der Waals surface area contributed by atoms with Crippen LogP contribution in [0.2, 0.25) is 0 Å². The van der Waals surface area contributed by atoms with Crippen molar-refractivity contribution in [3.63, 3.8) is 0 Å². The van der Waals surface area contributed by atoms with Crippen LogP contribution in [0.1, 0.15) is 0 Å². The molecular weight excluding hydrogens is 701 g/mol. The second kappa shape index (κ2) is 14.1. The maximum Gasteiger partial charge on any atom is 0.160 e. The van der Waals surface area contributed by atoms with E-state index in [9.17, 15) is 0 Å². The zero-order valence-corrected chi connectivity index (χ0v) is 31.7. The van der Waals surface area contributed by atoms with Gasteiger partial charge in [0.25, 0.3) is 0 Å². The first-order valence-corrected chi connectivity index (χ1v) is 19.8. The first kappa shape index (κ1) is 33.6. The van der Waals surface area contributed by atoms with E-state index in [1.807, 2.05) is 0 Å². The highest BCUT2D eigenvalue weighted by Crippen LogP contribution is 2.41. The predicted molar refractivity (Wildman–Crippen MR) is 245 cm³/mol. The Morgan fingerprint density at radius 2 is 0.776 bits per heavy atom. The zero-order valence-electron chi connectivity index (χ0n) is 31.7. The van der Waals surface area contributed by atoms with Gasteiger partial charge in [0, 0.05) is 16.7 Å². The number of fused-ring (bicyclic) bond motifs is 5. The van der Waals surface area contributed by atoms with Crippen molar-refractivity contribution >= 4 is 43.1 Å². The molecule has 270 valence electrons. The molecule has 11 aromatic rings. The molecule has 0 saturated carbocycles. The number of hydrogen-bond acceptors (Lipinski definition) is 2. The summed E-state index contributed by atoms with van der Waals surface area (Å²) in [6.45, 7) is 0. The van der Waals surface area contributed by atoms with Crippen LogP contribution in [0.5, 0.6) is 0 Å². The first-order valence-electron chi connectivity index (χ1n) is 19.8. The van der Waals surface area contributed by atoms with Crippen molar-refractivity contribution in [1.82, 2.24) is 9.97 Å². The predicted octanol–water partition coefficient (Wildman–Crippen LogP) is 15.1. The van der Waals surface area contributed by atoms with E-state index in [-0.39, 0.29) is 0 Å². The third kappa shape index (κ3) is 5.91. The fraction of sp³-hybridized carbons (Fsp3) is 0. The van der Waals surface area contributed by atoms with Gasteiger partial charge in [0.2, 0.25) is 0 Å². The zero-order chi connectivity index (χ0) is 38.4. The van der Waals surface area contributed by atoms with Gasteiger partial charge in [-0.15, -0.1) is 0 Å². The SMILES string of the molecule is c1ccc(-c2ccccc2-c2cc(-c3ccc(-c4cccc5ccccc45)cc3)nc(-c3ccc(-c4c5ccccc5cc5c4ccc4ccccc45)cc3)n2)cc1. The molecule has 0 atom stereocenters. The molecule has 0 aliphatic heterocycles. The molecule has 1 heterocycles. The standard InChI is InChI=1S/C56H36N2/c1-2-13-37(14-3-1)47-20-10-11-23-50(47)54-36-53(41-27-25-40(26-28-41)46-24-12-18-38-15-4-7-19-45(38)46)57-56(58-54)43-31-29-42(30-32-43)55-49-22-9-6-17-44(49)35-52-48-21-8-5-16-39(48)33-34-51(52)55/h1-36H. The van der Waals surface area contributed by atoms with Crippen LogP contribution < -0.4 is 0 Å². The van der Waals surface area contributed by atoms with E-state index in [0.29, 0.717) is 5.82 Å². The Kier molecular flexibility index (Phi) is 8.19. The van der Waals surface area contributed by atoms with Gasteiger partial charge in [0.15, 0.2) is 5.82 Å². The molecule has 0 radical (unpaired) electrons. The fourth-order valence-corrected chi connectivity index (χ4v) is 8.65. The largest absolute Gasteiger partial charge is 0.228 e. The lowest BCUT2D eigenvalue weighted by Crippen LogP contribution is -1.97. The smallest absolute Gasteiger partial charge is 0.160 e. The van der Waals surface area contributed by atoms with Crippen molar-refractivity contribution in [1.29, 1.82) is 0 Å². The van der Waals surface area contributed by atoms with Gasteiger partial charge in [-0.05, 0) is 88.6 Å². The summed E-state index contributed by atoms with van der Waals surface area (Å²) in [7, 11) is 0. The molecule has 0 fully saturated rings. The summed E-state index contributed by atoms with van der Waals surface area (Å²) < 4.78 is 0. The molecule has 11 rings (SSSR count). The van der Waals surface area contributed by atoms with E-state index in [0.717, 1.165) is 44.8 Å². The van der Waals surface area contributed by atoms with Crippen molar-refractivity contribution in [2.75, 3.05) is 0 Å². The van der Waals surface area contributed by atoms with E-state index in [1.165, 1.54) is 59.8 Å². The van der Waals surface area contributed by atoms with Gasteiger partial charge < -0.3 is 0 Å². The fourth-order valence-electron chi connectivity index (χ4n) is 8.65. The second-order valence-electron chi connectivity index (χ2n) is 14.9. The van der Waals surface area contributed by atoms with Crippen LogP contribution in [0.4, 0.5) is 0 Å². The minimum absolute atomic E-state index is 0.689. The summed E-state index contributed by atoms with van der Waals surface area (Å²) in [4.78, 5) is 10.6. The second-order valence-corrected chi connectivity index (χ2v) is 14.9. The third-order valence-corrected chi connectivity index (χ3v) is 11.5. The van der Waals surface area contributed by atoms with Crippen LogP contribution in [0.3, 0.4) is 0 Å². The third-order valence-electron chi connectivity index (χ3n) is 11.5. The van der Waals surface area contributed by atoms with Crippen LogP contribution in [0.25, 0.3) is 110 Å². The Morgan fingerprint density at radius 3 is 1.57 bits per heavy atom. The van der Waals surface area contributed by atoms with Crippen molar-refractivity contribution in [3.8, 4) is 67.3 Å². The number of hydrogen-bond donors (Lipinski definition) is 0. The van der Waals surface area contributed by atoms with E-state index in [4.69, 9.17) is 9.97 Å². The van der Waals surface area contributed by atoms with Crippen molar-refractivity contribution < 1.29 is 0 Å². The average Bonchev–Trinajstić information content (AvgIpc) is 3.31. The van der Waals surface area contributed by atoms with Gasteiger partial charge in [-0.2, -0.15) is 0 Å². The Hall–Kier alpha value is -7.68. The van der Waals surface area contributed by atoms with Crippen LogP contribution in [-0.4, -0.2) is 9.97 Å². The lowest BCUT2D eigenvalue weighted by Gasteiger charge is -2.15. The Morgan fingerprint density at radius 1 is 0.241 bits per heavy atom. The van der Waals surface area contributed by atoms with Crippen molar-refractivity contribution in [2.24, 2.45) is 0 Å². The normalized spacial score (nSPS) is 11.4. The molecule has 0 unspecified atom stereocenters. The Labute approximate surface area is 337 Å². The lowest BCUT2D eigenvalue weighted by molar-refractivity contribution is 1.18. The van der Waals surface area contributed by atoms with Crippen LogP contribution in [0.15, 0.2) is 218 Å². The highest BCUT2D eigenvalue weighted by molar-refractivity contribution is 6.20. The molecule has 0 aliphatic carbocycles. The number of nitrogens with zero attached hydrogens (tertiary/aromatic N) is 2. The Balaban J connectivity index is 1.06. The number of benzene rings is 10. The van der Waals surface area contributed by atoms with Crippen molar-refractivity contribution in [2.45, 2.75) is 0 Å². The van der Waals surface area contributed by atoms with E-state index in [2.05, 4.69) is 218 Å². The van der Waals surface area contributed by atoms with E-state index < -0.39 is 0 Å². The maximum atomic E-state index is 5.31. The summed E-state index contributed by atoms with van der Waals surface area (Å²) in [6.07, 6.45) is 0. The molecule has 1 aromatic heterocycles. The molecule has 0 spiro atoms. The van der Waals surface area contributed by atoms with Crippen LogP contribution in [0, 0.1) is 0 Å². The van der Waals surface area contributed by atoms with Crippen molar-refractivity contribution in [3.05, 3.63) is 218 Å². The topological polar surface area (TPSA) is 25.8 Å². The minimum atomic E-state index is 0.689. The summed E-state index contributed by atoms with van der Waals surface area (Å²) in [6, 6.07) is 78.2. The molecule has 2 nitrogen and oxygen atoms in total. The van der Waals surface area contributed by atoms with Gasteiger partial charge in [0.1, 0.15) is 0 Å². The summed E-state index contributed by atoms with van der Waals surface area (Å²) >= 11 is 0. The summed E-state index contributed by atoms with van der Waals surface area (Å²) in [5.41, 5.74) is 11.9. The maximum absolute atomic E-state index is 5.31. The number of aromatic nitrogens is 2. The average molecular weight is 737 g/mol. The first-order chi connectivity index (χ1) is 28.7. The molecule has 58 heavy (non-hydrogen) atoms. The van der Waals surface area contributed by atoms with E-state index >= 15 is 0 Å². The molecule has 0 bridgehead atoms. The lowest BCUT2D eigenvalue weighted by atomic mass is 9.89. The van der Waals surface area contributed by atoms with Gasteiger partial charge in [-0.1, -0.05) is 206 Å².